The molecule has 2 N–H and O–H groups in total. The van der Waals surface area contributed by atoms with Crippen molar-refractivity contribution in [2.45, 2.75) is 20.1 Å². The zero-order valence-corrected chi connectivity index (χ0v) is 16.8. The van der Waals surface area contributed by atoms with Crippen molar-refractivity contribution < 1.29 is 4.74 Å². The van der Waals surface area contributed by atoms with Crippen molar-refractivity contribution >= 4 is 12.2 Å². The maximum Gasteiger partial charge on any atom is 0.214 e. The fourth-order valence-corrected chi connectivity index (χ4v) is 3.22. The summed E-state index contributed by atoms with van der Waals surface area (Å²) in [5.41, 5.74) is 7.69. The lowest BCUT2D eigenvalue weighted by molar-refractivity contribution is 0.302. The number of nitrogens with one attached hydrogen (secondary N) is 2. The van der Waals surface area contributed by atoms with Crippen molar-refractivity contribution in [2.75, 3.05) is 5.43 Å². The molecule has 0 radical (unpaired) electrons. The summed E-state index contributed by atoms with van der Waals surface area (Å²) in [6, 6.07) is 20.0. The molecule has 29 heavy (non-hydrogen) atoms. The van der Waals surface area contributed by atoms with Crippen LogP contribution in [-0.2, 0) is 13.2 Å². The fourth-order valence-electron chi connectivity index (χ4n) is 3.02. The maximum atomic E-state index is 6.11. The molecule has 0 aliphatic carbocycles. The predicted molar refractivity (Wildman–Crippen MR) is 116 cm³/mol. The van der Waals surface area contributed by atoms with Gasteiger partial charge in [-0.25, -0.2) is 9.77 Å². The van der Waals surface area contributed by atoms with Crippen LogP contribution in [0.15, 0.2) is 73.1 Å². The average molecular weight is 404 g/mol. The molecular formula is C22H21N5OS. The lowest BCUT2D eigenvalue weighted by Crippen LogP contribution is -2.16. The van der Waals surface area contributed by atoms with Gasteiger partial charge in [0.1, 0.15) is 12.4 Å². The number of H-pyrrole nitrogens is 1. The topological polar surface area (TPSA) is 67.8 Å². The normalized spacial score (nSPS) is 10.7. The van der Waals surface area contributed by atoms with E-state index in [2.05, 4.69) is 39.7 Å². The number of pyridine rings is 1. The van der Waals surface area contributed by atoms with E-state index in [4.69, 9.17) is 17.0 Å². The number of aromatic nitrogens is 4. The van der Waals surface area contributed by atoms with Gasteiger partial charge in [-0.3, -0.25) is 4.98 Å². The minimum Gasteiger partial charge on any atom is -0.489 e. The van der Waals surface area contributed by atoms with E-state index in [9.17, 15) is 0 Å². The molecule has 4 rings (SSSR count). The van der Waals surface area contributed by atoms with Gasteiger partial charge in [-0.05, 0) is 48.5 Å². The van der Waals surface area contributed by atoms with Crippen molar-refractivity contribution in [2.24, 2.45) is 0 Å². The second-order valence-corrected chi connectivity index (χ2v) is 6.97. The molecule has 0 aliphatic heterocycles. The SMILES string of the molecule is Cc1ccccc1COc1ccccc1CNn1c(-c2ccncc2)n[nH]c1=S. The lowest BCUT2D eigenvalue weighted by atomic mass is 10.1. The first kappa shape index (κ1) is 18.9. The lowest BCUT2D eigenvalue weighted by Gasteiger charge is -2.15. The average Bonchev–Trinajstić information content (AvgIpc) is 3.13. The largest absolute Gasteiger partial charge is 0.489 e. The van der Waals surface area contributed by atoms with E-state index in [1.165, 1.54) is 11.1 Å². The van der Waals surface area contributed by atoms with Gasteiger partial charge in [-0.15, -0.1) is 0 Å². The molecule has 4 aromatic rings. The Labute approximate surface area is 174 Å². The van der Waals surface area contributed by atoms with E-state index < -0.39 is 0 Å². The molecule has 0 saturated heterocycles. The van der Waals surface area contributed by atoms with Crippen LogP contribution in [0.3, 0.4) is 0 Å². The van der Waals surface area contributed by atoms with Gasteiger partial charge in [0.05, 0.1) is 6.54 Å². The van der Waals surface area contributed by atoms with Crippen molar-refractivity contribution in [1.82, 2.24) is 19.9 Å². The van der Waals surface area contributed by atoms with E-state index in [1.807, 2.05) is 48.5 Å². The first-order chi connectivity index (χ1) is 14.2. The number of aryl methyl sites for hydroxylation is 1. The van der Waals surface area contributed by atoms with Crippen LogP contribution in [0, 0.1) is 11.7 Å². The van der Waals surface area contributed by atoms with Crippen molar-refractivity contribution in [3.63, 3.8) is 0 Å². The highest BCUT2D eigenvalue weighted by Gasteiger charge is 2.10. The number of nitrogens with zero attached hydrogens (tertiary/aromatic N) is 3. The Balaban J connectivity index is 1.51. The van der Waals surface area contributed by atoms with Crippen LogP contribution < -0.4 is 10.2 Å². The third-order valence-electron chi connectivity index (χ3n) is 4.66. The minimum atomic E-state index is 0.495. The molecule has 0 amide bonds. The summed E-state index contributed by atoms with van der Waals surface area (Å²) in [6.45, 7) is 3.15. The number of benzene rings is 2. The molecule has 146 valence electrons. The van der Waals surface area contributed by atoms with E-state index in [0.717, 1.165) is 16.9 Å². The van der Waals surface area contributed by atoms with E-state index >= 15 is 0 Å². The summed E-state index contributed by atoms with van der Waals surface area (Å²) >= 11 is 5.39. The first-order valence-electron chi connectivity index (χ1n) is 9.29. The molecule has 2 heterocycles. The van der Waals surface area contributed by atoms with Gasteiger partial charge in [0.25, 0.3) is 0 Å². The Morgan fingerprint density at radius 3 is 2.52 bits per heavy atom. The molecule has 0 atom stereocenters. The van der Waals surface area contributed by atoms with E-state index in [0.29, 0.717) is 23.7 Å². The highest BCUT2D eigenvalue weighted by atomic mass is 32.1. The van der Waals surface area contributed by atoms with Crippen molar-refractivity contribution in [3.8, 4) is 17.1 Å². The van der Waals surface area contributed by atoms with Crippen LogP contribution >= 0.6 is 12.2 Å². The van der Waals surface area contributed by atoms with Crippen LogP contribution in [-0.4, -0.2) is 19.9 Å². The molecule has 2 aromatic heterocycles. The first-order valence-corrected chi connectivity index (χ1v) is 9.70. The second-order valence-electron chi connectivity index (χ2n) is 6.58. The molecule has 0 spiro atoms. The number of rotatable bonds is 7. The number of ether oxygens (including phenoxy) is 1. The summed E-state index contributed by atoms with van der Waals surface area (Å²) in [5.74, 6) is 1.54. The molecule has 2 aromatic carbocycles. The van der Waals surface area contributed by atoms with Gasteiger partial charge in [0.15, 0.2) is 5.82 Å². The van der Waals surface area contributed by atoms with E-state index in [1.54, 1.807) is 17.1 Å². The molecule has 0 bridgehead atoms. The predicted octanol–water partition coefficient (Wildman–Crippen LogP) is 4.63. The Bertz CT molecular complexity index is 1150. The Kier molecular flexibility index (Phi) is 5.67. The molecule has 6 nitrogen and oxygen atoms in total. The molecule has 7 heteroatoms. The molecule has 0 saturated carbocycles. The van der Waals surface area contributed by atoms with Gasteiger partial charge in [-0.2, -0.15) is 5.10 Å². The highest BCUT2D eigenvalue weighted by Crippen LogP contribution is 2.21. The van der Waals surface area contributed by atoms with Gasteiger partial charge in [0.2, 0.25) is 4.77 Å². The highest BCUT2D eigenvalue weighted by molar-refractivity contribution is 7.71. The van der Waals surface area contributed by atoms with E-state index in [-0.39, 0.29) is 0 Å². The standard InChI is InChI=1S/C22H21N5OS/c1-16-6-2-3-8-19(16)15-28-20-9-5-4-7-18(20)14-24-27-21(25-26-22(27)29)17-10-12-23-13-11-17/h2-13,24H,14-15H2,1H3,(H,26,29). The van der Waals surface area contributed by atoms with Crippen LogP contribution in [0.1, 0.15) is 16.7 Å². The quantitative estimate of drug-likeness (QED) is 0.440. The molecule has 0 unspecified atom stereocenters. The third-order valence-corrected chi connectivity index (χ3v) is 4.93. The van der Waals surface area contributed by atoms with Crippen LogP contribution in [0.2, 0.25) is 0 Å². The number of aromatic amines is 1. The summed E-state index contributed by atoms with van der Waals surface area (Å²) < 4.78 is 8.37. The Hall–Kier alpha value is -3.45. The third kappa shape index (κ3) is 4.35. The van der Waals surface area contributed by atoms with Crippen molar-refractivity contribution in [3.05, 3.63) is 94.5 Å². The van der Waals surface area contributed by atoms with Gasteiger partial charge in [0, 0.05) is 23.5 Å². The zero-order valence-electron chi connectivity index (χ0n) is 16.0. The van der Waals surface area contributed by atoms with Crippen LogP contribution in [0.4, 0.5) is 0 Å². The van der Waals surface area contributed by atoms with Gasteiger partial charge >= 0.3 is 0 Å². The van der Waals surface area contributed by atoms with Crippen LogP contribution in [0.5, 0.6) is 5.75 Å². The Morgan fingerprint density at radius 2 is 1.72 bits per heavy atom. The summed E-state index contributed by atoms with van der Waals surface area (Å²) in [6.07, 6.45) is 3.46. The van der Waals surface area contributed by atoms with Gasteiger partial charge < -0.3 is 10.2 Å². The molecular weight excluding hydrogens is 382 g/mol. The van der Waals surface area contributed by atoms with Gasteiger partial charge in [-0.1, -0.05) is 42.5 Å². The monoisotopic (exact) mass is 403 g/mol. The van der Waals surface area contributed by atoms with Crippen molar-refractivity contribution in [1.29, 1.82) is 0 Å². The zero-order chi connectivity index (χ0) is 20.1. The molecule has 0 aliphatic rings. The van der Waals surface area contributed by atoms with Crippen LogP contribution in [0.25, 0.3) is 11.4 Å². The number of hydrogen-bond acceptors (Lipinski definition) is 5. The second kappa shape index (κ2) is 8.70. The Morgan fingerprint density at radius 1 is 1.00 bits per heavy atom. The fraction of sp³-hybridized carbons (Fsp3) is 0.136. The summed E-state index contributed by atoms with van der Waals surface area (Å²) in [7, 11) is 0. The number of hydrogen-bond donors (Lipinski definition) is 2. The smallest absolute Gasteiger partial charge is 0.214 e. The summed E-state index contributed by atoms with van der Waals surface area (Å²) in [5, 5.41) is 7.17. The summed E-state index contributed by atoms with van der Waals surface area (Å²) in [4.78, 5) is 4.05. The minimum absolute atomic E-state index is 0.495. The molecule has 0 fully saturated rings. The maximum absolute atomic E-state index is 6.11. The number of para-hydroxylation sites is 1.